The molecule has 1 aromatic rings. The Morgan fingerprint density at radius 3 is 2.63 bits per heavy atom. The number of carbonyl (C=O) groups is 2. The van der Waals surface area contributed by atoms with Crippen LogP contribution in [0.3, 0.4) is 0 Å². The van der Waals surface area contributed by atoms with Gasteiger partial charge in [-0.2, -0.15) is 0 Å². The minimum absolute atomic E-state index is 0.0804. The average Bonchev–Trinajstić information content (AvgIpc) is 2.32. The topological polar surface area (TPSA) is 69.6 Å². The van der Waals surface area contributed by atoms with Crippen molar-refractivity contribution in [3.05, 3.63) is 29.6 Å². The van der Waals surface area contributed by atoms with Crippen molar-refractivity contribution in [3.63, 3.8) is 0 Å². The summed E-state index contributed by atoms with van der Waals surface area (Å²) in [4.78, 5) is 23.8. The van der Waals surface area contributed by atoms with Crippen LogP contribution in [0.25, 0.3) is 0 Å². The van der Waals surface area contributed by atoms with Crippen LogP contribution >= 0.6 is 0 Å². The molecule has 2 N–H and O–H groups in total. The number of anilines is 1. The van der Waals surface area contributed by atoms with Gasteiger partial charge in [-0.15, -0.1) is 0 Å². The number of carboxylic acids is 1. The Balaban J connectivity index is 2.60. The maximum atomic E-state index is 13.3. The highest BCUT2D eigenvalue weighted by Gasteiger charge is 2.19. The maximum absolute atomic E-state index is 13.3. The van der Waals surface area contributed by atoms with Crippen molar-refractivity contribution in [2.24, 2.45) is 0 Å². The molecule has 0 radical (unpaired) electrons. The fourth-order valence-corrected chi connectivity index (χ4v) is 1.42. The minimum atomic E-state index is -1.00. The summed E-state index contributed by atoms with van der Waals surface area (Å²) in [5.74, 6) is -1.79. The van der Waals surface area contributed by atoms with Gasteiger partial charge in [0.1, 0.15) is 11.9 Å². The second-order valence-corrected chi connectivity index (χ2v) is 4.44. The van der Waals surface area contributed by atoms with Gasteiger partial charge in [0.25, 0.3) is 0 Å². The van der Waals surface area contributed by atoms with Crippen molar-refractivity contribution in [3.8, 4) is 0 Å². The first-order valence-electron chi connectivity index (χ1n) is 5.80. The second-order valence-electron chi connectivity index (χ2n) is 4.44. The number of carboxylic acid groups (broad SMARTS) is 1. The van der Waals surface area contributed by atoms with Gasteiger partial charge in [-0.05, 0) is 38.6 Å². The lowest BCUT2D eigenvalue weighted by molar-refractivity contribution is -0.142. The van der Waals surface area contributed by atoms with Crippen molar-refractivity contribution in [2.45, 2.75) is 19.9 Å². The summed E-state index contributed by atoms with van der Waals surface area (Å²) in [5, 5.41) is 11.3. The molecule has 1 rings (SSSR count). The number of aliphatic carboxylic acids is 1. The predicted octanol–water partition coefficient (Wildman–Crippen LogP) is 1.48. The van der Waals surface area contributed by atoms with Crippen LogP contribution in [0.1, 0.15) is 12.5 Å². The van der Waals surface area contributed by atoms with Gasteiger partial charge < -0.3 is 10.4 Å². The smallest absolute Gasteiger partial charge is 0.320 e. The van der Waals surface area contributed by atoms with Crippen molar-refractivity contribution < 1.29 is 19.1 Å². The Hall–Kier alpha value is -1.95. The van der Waals surface area contributed by atoms with Crippen LogP contribution in [-0.2, 0) is 9.59 Å². The Morgan fingerprint density at radius 1 is 1.47 bits per heavy atom. The molecule has 0 heterocycles. The standard InChI is InChI=1S/C13H17FN2O3/c1-8-4-5-10(6-11(8)14)15-12(17)7-16(3)9(2)13(18)19/h4-6,9H,7H2,1-3H3,(H,15,17)(H,18,19). The van der Waals surface area contributed by atoms with Gasteiger partial charge in [0.15, 0.2) is 0 Å². The third-order valence-corrected chi connectivity index (χ3v) is 2.87. The molecular weight excluding hydrogens is 251 g/mol. The predicted molar refractivity (Wildman–Crippen MR) is 69.5 cm³/mol. The SMILES string of the molecule is Cc1ccc(NC(=O)CN(C)C(C)C(=O)O)cc1F. The van der Waals surface area contributed by atoms with E-state index in [1.807, 2.05) is 0 Å². The summed E-state index contributed by atoms with van der Waals surface area (Å²) < 4.78 is 13.3. The zero-order chi connectivity index (χ0) is 14.6. The Morgan fingerprint density at radius 2 is 2.11 bits per heavy atom. The number of nitrogens with one attached hydrogen (secondary N) is 1. The van der Waals surface area contributed by atoms with Crippen LogP contribution in [0.5, 0.6) is 0 Å². The van der Waals surface area contributed by atoms with E-state index in [9.17, 15) is 14.0 Å². The lowest BCUT2D eigenvalue weighted by atomic mass is 10.2. The number of hydrogen-bond acceptors (Lipinski definition) is 3. The van der Waals surface area contributed by atoms with Gasteiger partial charge in [0.05, 0.1) is 6.54 Å². The highest BCUT2D eigenvalue weighted by Crippen LogP contribution is 2.13. The van der Waals surface area contributed by atoms with Gasteiger partial charge in [-0.25, -0.2) is 4.39 Å². The van der Waals surface area contributed by atoms with Gasteiger partial charge in [-0.3, -0.25) is 14.5 Å². The van der Waals surface area contributed by atoms with Crippen LogP contribution in [0, 0.1) is 12.7 Å². The number of nitrogens with zero attached hydrogens (tertiary/aromatic N) is 1. The number of hydrogen-bond donors (Lipinski definition) is 2. The number of carbonyl (C=O) groups excluding carboxylic acids is 1. The summed E-state index contributed by atoms with van der Waals surface area (Å²) >= 11 is 0. The molecule has 0 aliphatic carbocycles. The quantitative estimate of drug-likeness (QED) is 0.848. The van der Waals surface area contributed by atoms with Crippen LogP contribution in [0.2, 0.25) is 0 Å². The molecule has 1 unspecified atom stereocenters. The number of halogens is 1. The third kappa shape index (κ3) is 4.33. The molecular formula is C13H17FN2O3. The van der Waals surface area contributed by atoms with E-state index in [1.54, 1.807) is 19.1 Å². The van der Waals surface area contributed by atoms with Gasteiger partial charge in [0, 0.05) is 5.69 Å². The first-order chi connectivity index (χ1) is 8.81. The van der Waals surface area contributed by atoms with Crippen molar-refractivity contribution in [1.82, 2.24) is 4.90 Å². The van der Waals surface area contributed by atoms with Crippen LogP contribution in [0.15, 0.2) is 18.2 Å². The van der Waals surface area contributed by atoms with Gasteiger partial charge >= 0.3 is 5.97 Å². The normalized spacial score (nSPS) is 12.3. The lowest BCUT2D eigenvalue weighted by Crippen LogP contribution is -2.40. The molecule has 19 heavy (non-hydrogen) atoms. The summed E-state index contributed by atoms with van der Waals surface area (Å²) in [6.45, 7) is 3.04. The van der Waals surface area contributed by atoms with E-state index >= 15 is 0 Å². The highest BCUT2D eigenvalue weighted by molar-refractivity contribution is 5.92. The molecule has 0 saturated heterocycles. The van der Waals surface area contributed by atoms with E-state index in [1.165, 1.54) is 24.9 Å². The molecule has 0 aliphatic heterocycles. The first-order valence-corrected chi connectivity index (χ1v) is 5.80. The van der Waals surface area contributed by atoms with Crippen molar-refractivity contribution in [1.29, 1.82) is 0 Å². The average molecular weight is 268 g/mol. The largest absolute Gasteiger partial charge is 0.480 e. The van der Waals surface area contributed by atoms with Gasteiger partial charge in [0.2, 0.25) is 5.91 Å². The van der Waals surface area contributed by atoms with E-state index in [-0.39, 0.29) is 12.5 Å². The number of likely N-dealkylation sites (N-methyl/N-ethyl adjacent to an activating group) is 1. The summed E-state index contributed by atoms with van der Waals surface area (Å²) in [6, 6.07) is 3.62. The summed E-state index contributed by atoms with van der Waals surface area (Å²) in [5.41, 5.74) is 0.846. The number of amides is 1. The molecule has 1 aromatic carbocycles. The molecule has 1 amide bonds. The van der Waals surface area contributed by atoms with Crippen LogP contribution < -0.4 is 5.32 Å². The van der Waals surface area contributed by atoms with E-state index in [0.717, 1.165) is 0 Å². The minimum Gasteiger partial charge on any atom is -0.480 e. The number of aryl methyl sites for hydroxylation is 1. The lowest BCUT2D eigenvalue weighted by Gasteiger charge is -2.20. The molecule has 0 spiro atoms. The second kappa shape index (κ2) is 6.29. The Labute approximate surface area is 111 Å². The first kappa shape index (κ1) is 15.1. The molecule has 6 heteroatoms. The number of rotatable bonds is 5. The van der Waals surface area contributed by atoms with Crippen molar-refractivity contribution in [2.75, 3.05) is 18.9 Å². The Kier molecular flexibility index (Phi) is 5.00. The summed E-state index contributed by atoms with van der Waals surface area (Å²) in [6.07, 6.45) is 0. The monoisotopic (exact) mass is 268 g/mol. The highest BCUT2D eigenvalue weighted by atomic mass is 19.1. The van der Waals surface area contributed by atoms with Crippen molar-refractivity contribution >= 4 is 17.6 Å². The third-order valence-electron chi connectivity index (χ3n) is 2.87. The van der Waals surface area contributed by atoms with Crippen LogP contribution in [-0.4, -0.2) is 41.5 Å². The fraction of sp³-hybridized carbons (Fsp3) is 0.385. The van der Waals surface area contributed by atoms with E-state index in [2.05, 4.69) is 5.32 Å². The Bertz CT molecular complexity index is 491. The summed E-state index contributed by atoms with van der Waals surface area (Å²) in [7, 11) is 1.54. The van der Waals surface area contributed by atoms with E-state index in [0.29, 0.717) is 11.3 Å². The zero-order valence-electron chi connectivity index (χ0n) is 11.1. The van der Waals surface area contributed by atoms with Gasteiger partial charge in [-0.1, -0.05) is 6.07 Å². The molecule has 0 aliphatic rings. The molecule has 0 bridgehead atoms. The molecule has 0 aromatic heterocycles. The van der Waals surface area contributed by atoms with E-state index in [4.69, 9.17) is 5.11 Å². The zero-order valence-corrected chi connectivity index (χ0v) is 11.1. The van der Waals surface area contributed by atoms with Crippen LogP contribution in [0.4, 0.5) is 10.1 Å². The molecule has 0 saturated carbocycles. The maximum Gasteiger partial charge on any atom is 0.320 e. The molecule has 0 fully saturated rings. The fourth-order valence-electron chi connectivity index (χ4n) is 1.42. The number of benzene rings is 1. The molecule has 5 nitrogen and oxygen atoms in total. The van der Waals surface area contributed by atoms with E-state index < -0.39 is 17.8 Å². The molecule has 1 atom stereocenters. The molecule has 104 valence electrons.